The molecule has 3 N–H and O–H groups in total. The number of nitrogens with two attached hydrogens (primary N) is 1. The quantitative estimate of drug-likeness (QED) is 0.619. The Labute approximate surface area is 69.9 Å². The summed E-state index contributed by atoms with van der Waals surface area (Å²) in [4.78, 5) is 10.1. The van der Waals surface area contributed by atoms with Gasteiger partial charge in [-0.15, -0.1) is 23.2 Å². The van der Waals surface area contributed by atoms with Crippen molar-refractivity contribution in [3.63, 3.8) is 0 Å². The van der Waals surface area contributed by atoms with Crippen LogP contribution in [0.2, 0.25) is 0 Å². The van der Waals surface area contributed by atoms with Crippen molar-refractivity contribution >= 4 is 29.1 Å². The number of hydrogen-bond acceptors (Lipinski definition) is 2. The van der Waals surface area contributed by atoms with E-state index < -0.39 is 10.9 Å². The summed E-state index contributed by atoms with van der Waals surface area (Å²) in [6.45, 7) is 1.83. The van der Waals surface area contributed by atoms with Gasteiger partial charge in [0.05, 0.1) is 6.04 Å². The molecule has 10 heavy (non-hydrogen) atoms. The van der Waals surface area contributed by atoms with Gasteiger partial charge < -0.3 is 11.1 Å². The highest BCUT2D eigenvalue weighted by Crippen LogP contribution is 1.97. The van der Waals surface area contributed by atoms with Crippen LogP contribution in [0.25, 0.3) is 0 Å². The Balaban J connectivity index is 3.40. The Morgan fingerprint density at radius 3 is 2.50 bits per heavy atom. The first kappa shape index (κ1) is 10.0. The molecule has 0 saturated carbocycles. The molecule has 3 nitrogen and oxygen atoms in total. The van der Waals surface area contributed by atoms with Crippen molar-refractivity contribution in [3.8, 4) is 0 Å². The molecule has 0 heterocycles. The maximum absolute atomic E-state index is 10.7. The van der Waals surface area contributed by atoms with E-state index in [9.17, 15) is 4.79 Å². The van der Waals surface area contributed by atoms with Crippen molar-refractivity contribution in [2.45, 2.75) is 17.8 Å². The molecule has 0 aromatic rings. The largest absolute Gasteiger partial charge is 0.352 e. The molecular weight excluding hydrogens is 175 g/mol. The number of carbonyl (C=O) groups excluding carboxylic acids is 1. The predicted molar refractivity (Wildman–Crippen MR) is 42.2 cm³/mol. The van der Waals surface area contributed by atoms with E-state index in [1.807, 2.05) is 0 Å². The Bertz CT molecular complexity index is 116. The monoisotopic (exact) mass is 184 g/mol. The zero-order chi connectivity index (χ0) is 8.15. The molecule has 0 bridgehead atoms. The maximum Gasteiger partial charge on any atom is 0.236 e. The van der Waals surface area contributed by atoms with Crippen LogP contribution >= 0.6 is 23.2 Å². The van der Waals surface area contributed by atoms with E-state index in [0.717, 1.165) is 0 Å². The van der Waals surface area contributed by atoms with Gasteiger partial charge in [0.15, 0.2) is 0 Å². The van der Waals surface area contributed by atoms with E-state index in [1.165, 1.54) is 0 Å². The van der Waals surface area contributed by atoms with E-state index in [0.29, 0.717) is 0 Å². The molecule has 60 valence electrons. The van der Waals surface area contributed by atoms with Crippen LogP contribution in [0.4, 0.5) is 0 Å². The second-order valence-corrected chi connectivity index (χ2v) is 3.20. The molecule has 0 aromatic heterocycles. The lowest BCUT2D eigenvalue weighted by Crippen LogP contribution is -2.40. The van der Waals surface area contributed by atoms with E-state index in [-0.39, 0.29) is 12.5 Å². The van der Waals surface area contributed by atoms with Crippen molar-refractivity contribution in [2.24, 2.45) is 5.73 Å². The predicted octanol–water partition coefficient (Wildman–Crippen LogP) is 0.254. The van der Waals surface area contributed by atoms with Crippen LogP contribution < -0.4 is 11.1 Å². The van der Waals surface area contributed by atoms with Crippen LogP contribution in [0.15, 0.2) is 0 Å². The lowest BCUT2D eigenvalue weighted by atomic mass is 10.3. The van der Waals surface area contributed by atoms with Crippen LogP contribution in [0.1, 0.15) is 6.92 Å². The molecule has 0 aliphatic heterocycles. The van der Waals surface area contributed by atoms with Crippen LogP contribution in [0.5, 0.6) is 0 Å². The zero-order valence-corrected chi connectivity index (χ0v) is 7.12. The zero-order valence-electron chi connectivity index (χ0n) is 5.60. The molecule has 0 radical (unpaired) electrons. The molecule has 0 aliphatic rings. The third-order valence-electron chi connectivity index (χ3n) is 0.844. The van der Waals surface area contributed by atoms with Crippen LogP contribution in [-0.4, -0.2) is 23.3 Å². The Kier molecular flexibility index (Phi) is 4.77. The van der Waals surface area contributed by atoms with Crippen LogP contribution in [0, 0.1) is 0 Å². The average Bonchev–Trinajstić information content (AvgIpc) is 1.82. The number of hydrogen-bond donors (Lipinski definition) is 2. The summed E-state index contributed by atoms with van der Waals surface area (Å²) in [6, 6.07) is -0.507. The van der Waals surface area contributed by atoms with Gasteiger partial charge in [0, 0.05) is 6.54 Å². The first-order chi connectivity index (χ1) is 4.54. The van der Waals surface area contributed by atoms with Crippen molar-refractivity contribution in [3.05, 3.63) is 0 Å². The second kappa shape index (κ2) is 4.77. The van der Waals surface area contributed by atoms with Gasteiger partial charge in [-0.05, 0) is 6.92 Å². The van der Waals surface area contributed by atoms with Crippen LogP contribution in [-0.2, 0) is 4.79 Å². The van der Waals surface area contributed by atoms with Crippen molar-refractivity contribution in [2.75, 3.05) is 6.54 Å². The SMILES string of the molecule is C[C@H](N)C(=O)NCC(Cl)Cl. The van der Waals surface area contributed by atoms with E-state index in [1.54, 1.807) is 6.92 Å². The average molecular weight is 185 g/mol. The first-order valence-electron chi connectivity index (χ1n) is 2.85. The Hall–Kier alpha value is 0.01000. The minimum Gasteiger partial charge on any atom is -0.352 e. The van der Waals surface area contributed by atoms with Crippen LogP contribution in [0.3, 0.4) is 0 Å². The highest BCUT2D eigenvalue weighted by molar-refractivity contribution is 6.44. The highest BCUT2D eigenvalue weighted by atomic mass is 35.5. The fourth-order valence-corrected chi connectivity index (χ4v) is 0.493. The standard InChI is InChI=1S/C5H10Cl2N2O/c1-3(8)5(10)9-2-4(6)7/h3-4H,2,8H2,1H3,(H,9,10)/t3-/m0/s1. The lowest BCUT2D eigenvalue weighted by Gasteiger charge is -2.06. The molecule has 1 amide bonds. The molecule has 5 heteroatoms. The van der Waals surface area contributed by atoms with Crippen molar-refractivity contribution in [1.82, 2.24) is 5.32 Å². The van der Waals surface area contributed by atoms with Gasteiger partial charge >= 0.3 is 0 Å². The summed E-state index contributed by atoms with van der Waals surface area (Å²) in [5.74, 6) is -0.244. The molecule has 0 saturated heterocycles. The smallest absolute Gasteiger partial charge is 0.236 e. The Morgan fingerprint density at radius 2 is 2.20 bits per heavy atom. The fraction of sp³-hybridized carbons (Fsp3) is 0.800. The third-order valence-corrected chi connectivity index (χ3v) is 1.15. The topological polar surface area (TPSA) is 55.1 Å². The summed E-state index contributed by atoms with van der Waals surface area (Å²) in [5.41, 5.74) is 5.22. The summed E-state index contributed by atoms with van der Waals surface area (Å²) >= 11 is 10.7. The molecule has 0 spiro atoms. The van der Waals surface area contributed by atoms with Gasteiger partial charge in [-0.1, -0.05) is 0 Å². The first-order valence-corrected chi connectivity index (χ1v) is 3.72. The van der Waals surface area contributed by atoms with Gasteiger partial charge in [0.1, 0.15) is 4.84 Å². The number of nitrogens with one attached hydrogen (secondary N) is 1. The number of alkyl halides is 2. The minimum absolute atomic E-state index is 0.240. The highest BCUT2D eigenvalue weighted by Gasteiger charge is 2.07. The molecule has 1 atom stereocenters. The van der Waals surface area contributed by atoms with Gasteiger partial charge in [0.25, 0.3) is 0 Å². The van der Waals surface area contributed by atoms with Crippen molar-refractivity contribution in [1.29, 1.82) is 0 Å². The summed E-state index contributed by atoms with van der Waals surface area (Å²) < 4.78 is 0. The second-order valence-electron chi connectivity index (χ2n) is 1.92. The van der Waals surface area contributed by atoms with Gasteiger partial charge in [0.2, 0.25) is 5.91 Å². The fourth-order valence-electron chi connectivity index (χ4n) is 0.339. The summed E-state index contributed by atoms with van der Waals surface area (Å²) in [5, 5.41) is 2.45. The van der Waals surface area contributed by atoms with Gasteiger partial charge in [-0.25, -0.2) is 0 Å². The third kappa shape index (κ3) is 4.85. The Morgan fingerprint density at radius 1 is 1.70 bits per heavy atom. The molecule has 0 fully saturated rings. The molecule has 0 aliphatic carbocycles. The number of halogens is 2. The normalized spacial score (nSPS) is 13.3. The molecular formula is C5H10Cl2N2O. The molecule has 0 unspecified atom stereocenters. The van der Waals surface area contributed by atoms with E-state index >= 15 is 0 Å². The molecule has 0 aromatic carbocycles. The number of amides is 1. The van der Waals surface area contributed by atoms with Gasteiger partial charge in [-0.2, -0.15) is 0 Å². The van der Waals surface area contributed by atoms with E-state index in [2.05, 4.69) is 5.32 Å². The minimum atomic E-state index is -0.567. The number of rotatable bonds is 3. The summed E-state index contributed by atoms with van der Waals surface area (Å²) in [6.07, 6.45) is 0. The maximum atomic E-state index is 10.7. The van der Waals surface area contributed by atoms with Crippen molar-refractivity contribution < 1.29 is 4.79 Å². The molecule has 0 rings (SSSR count). The number of carbonyl (C=O) groups is 1. The van der Waals surface area contributed by atoms with E-state index in [4.69, 9.17) is 28.9 Å². The van der Waals surface area contributed by atoms with Gasteiger partial charge in [-0.3, -0.25) is 4.79 Å². The lowest BCUT2D eigenvalue weighted by molar-refractivity contribution is -0.121. The summed E-state index contributed by atoms with van der Waals surface area (Å²) in [7, 11) is 0.